The molecule has 0 atom stereocenters. The van der Waals surface area contributed by atoms with Crippen LogP contribution >= 0.6 is 0 Å². The summed E-state index contributed by atoms with van der Waals surface area (Å²) in [4.78, 5) is 8.40. The third-order valence-corrected chi connectivity index (χ3v) is 5.18. The van der Waals surface area contributed by atoms with Crippen LogP contribution in [0.5, 0.6) is 0 Å². The summed E-state index contributed by atoms with van der Waals surface area (Å²) in [5, 5.41) is 0. The summed E-state index contributed by atoms with van der Waals surface area (Å²) < 4.78 is 38.3. The fourth-order valence-corrected chi connectivity index (χ4v) is 3.44. The Morgan fingerprint density at radius 2 is 1.44 bits per heavy atom. The Labute approximate surface area is 222 Å². The van der Waals surface area contributed by atoms with Gasteiger partial charge in [0.05, 0.1) is 0 Å². The van der Waals surface area contributed by atoms with Crippen molar-refractivity contribution >= 4 is 0 Å². The van der Waals surface area contributed by atoms with E-state index in [9.17, 15) is 13.2 Å². The number of alkyl halides is 3. The van der Waals surface area contributed by atoms with Gasteiger partial charge in [0, 0.05) is 32.5 Å². The Morgan fingerprint density at radius 3 is 2.11 bits per heavy atom. The number of aromatic nitrogens is 2. The van der Waals surface area contributed by atoms with E-state index in [0.717, 1.165) is 22.9 Å². The average molecular weight is 659 g/mol. The number of benzene rings is 3. The van der Waals surface area contributed by atoms with E-state index in [-0.39, 0.29) is 31.4 Å². The molecule has 0 amide bonds. The van der Waals surface area contributed by atoms with Gasteiger partial charge in [-0.25, -0.2) is 0 Å². The van der Waals surface area contributed by atoms with Crippen LogP contribution in [0.3, 0.4) is 0 Å². The molecule has 2 heterocycles. The zero-order valence-corrected chi connectivity index (χ0v) is 21.6. The first-order valence-corrected chi connectivity index (χ1v) is 10.9. The second kappa shape index (κ2) is 12.4. The quantitative estimate of drug-likeness (QED) is 0.183. The van der Waals surface area contributed by atoms with Gasteiger partial charge in [-0.15, -0.1) is 65.7 Å². The van der Waals surface area contributed by atoms with Crippen molar-refractivity contribution in [2.24, 2.45) is 0 Å². The van der Waals surface area contributed by atoms with Gasteiger partial charge in [-0.2, -0.15) is 13.2 Å². The molecule has 0 fully saturated rings. The predicted molar refractivity (Wildman–Crippen MR) is 132 cm³/mol. The molecule has 5 rings (SSSR count). The van der Waals surface area contributed by atoms with Crippen LogP contribution in [0.4, 0.5) is 13.2 Å². The Morgan fingerprint density at radius 1 is 0.694 bits per heavy atom. The monoisotopic (exact) mass is 659 g/mol. The summed E-state index contributed by atoms with van der Waals surface area (Å²) in [6, 6.07) is 35.2. The van der Waals surface area contributed by atoms with E-state index in [4.69, 9.17) is 0 Å². The molecule has 1 radical (unpaired) electrons. The van der Waals surface area contributed by atoms with Gasteiger partial charge in [0.15, 0.2) is 0 Å². The maximum Gasteiger partial charge on any atom is 0.381 e. The molecule has 0 unspecified atom stereocenters. The van der Waals surface area contributed by atoms with Crippen LogP contribution in [0.1, 0.15) is 11.1 Å². The molecule has 0 spiro atoms. The minimum absolute atomic E-state index is 0. The summed E-state index contributed by atoms with van der Waals surface area (Å²) >= 11 is 0. The molecule has 36 heavy (non-hydrogen) atoms. The van der Waals surface area contributed by atoms with Crippen LogP contribution < -0.4 is 0 Å². The van der Waals surface area contributed by atoms with Crippen molar-refractivity contribution in [3.63, 3.8) is 0 Å². The number of aryl methyl sites for hydroxylation is 1. The first kappa shape index (κ1) is 27.0. The Balaban J connectivity index is 0.000000196. The fraction of sp³-hybridized carbons (Fsp3) is 0.0667. The van der Waals surface area contributed by atoms with Gasteiger partial charge >= 0.3 is 6.18 Å². The van der Waals surface area contributed by atoms with Crippen LogP contribution in [-0.4, -0.2) is 9.97 Å². The normalized spacial score (nSPS) is 10.6. The van der Waals surface area contributed by atoms with Gasteiger partial charge in [0.25, 0.3) is 0 Å². The molecule has 6 heteroatoms. The molecule has 0 saturated carbocycles. The van der Waals surface area contributed by atoms with Gasteiger partial charge in [-0.1, -0.05) is 48.5 Å². The molecule has 0 aliphatic rings. The molecular weight excluding hydrogens is 638 g/mol. The first-order valence-electron chi connectivity index (χ1n) is 10.9. The van der Waals surface area contributed by atoms with E-state index in [1.165, 1.54) is 29.5 Å². The van der Waals surface area contributed by atoms with Gasteiger partial charge in [0.2, 0.25) is 0 Å². The van der Waals surface area contributed by atoms with Gasteiger partial charge < -0.3 is 9.97 Å². The van der Waals surface area contributed by atoms with Crippen molar-refractivity contribution < 1.29 is 33.3 Å². The SMILES string of the molecule is Cc1ccc(-c2[c-]cccc2C(F)(F)F)nc1.[Ir].[c-]1ccccc1-c1cc(-c2ccccc2)ccn1. The molecule has 183 valence electrons. The summed E-state index contributed by atoms with van der Waals surface area (Å²) in [5.74, 6) is 0. The number of rotatable bonds is 3. The summed E-state index contributed by atoms with van der Waals surface area (Å²) in [6.07, 6.45) is -1.01. The van der Waals surface area contributed by atoms with Crippen molar-refractivity contribution in [1.29, 1.82) is 0 Å². The van der Waals surface area contributed by atoms with Crippen molar-refractivity contribution in [2.45, 2.75) is 13.1 Å². The molecule has 0 N–H and O–H groups in total. The largest absolute Gasteiger partial charge is 0.381 e. The van der Waals surface area contributed by atoms with E-state index in [1.807, 2.05) is 61.7 Å². The predicted octanol–water partition coefficient (Wildman–Crippen LogP) is 8.09. The number of hydrogen-bond donors (Lipinski definition) is 0. The number of hydrogen-bond acceptors (Lipinski definition) is 2. The van der Waals surface area contributed by atoms with Gasteiger partial charge in [0.1, 0.15) is 0 Å². The molecule has 2 nitrogen and oxygen atoms in total. The maximum absolute atomic E-state index is 12.8. The van der Waals surface area contributed by atoms with Crippen molar-refractivity contribution in [2.75, 3.05) is 0 Å². The van der Waals surface area contributed by atoms with Crippen LogP contribution in [0.25, 0.3) is 33.6 Å². The Hall–Kier alpha value is -3.60. The number of nitrogens with zero attached hydrogens (tertiary/aromatic N) is 2. The smallest absolute Gasteiger partial charge is 0.305 e. The molecule has 0 saturated heterocycles. The maximum atomic E-state index is 12.8. The summed E-state index contributed by atoms with van der Waals surface area (Å²) in [5.41, 5.74) is 4.82. The van der Waals surface area contributed by atoms with E-state index in [0.29, 0.717) is 0 Å². The molecular formula is C30H21F3IrN2-2. The van der Waals surface area contributed by atoms with Gasteiger partial charge in [-0.05, 0) is 46.6 Å². The topological polar surface area (TPSA) is 25.8 Å². The zero-order valence-electron chi connectivity index (χ0n) is 19.3. The first-order chi connectivity index (χ1) is 16.9. The minimum Gasteiger partial charge on any atom is -0.305 e. The van der Waals surface area contributed by atoms with Crippen molar-refractivity contribution in [3.05, 3.63) is 133 Å². The summed E-state index contributed by atoms with van der Waals surface area (Å²) in [6.45, 7) is 1.83. The van der Waals surface area contributed by atoms with E-state index in [1.54, 1.807) is 12.1 Å². The molecule has 0 aliphatic carbocycles. The second-order valence-corrected chi connectivity index (χ2v) is 7.75. The number of halogens is 3. The van der Waals surface area contributed by atoms with Crippen LogP contribution in [0.2, 0.25) is 0 Å². The molecule has 0 bridgehead atoms. The molecule has 0 aliphatic heterocycles. The fourth-order valence-electron chi connectivity index (χ4n) is 3.44. The van der Waals surface area contributed by atoms with Crippen LogP contribution in [0, 0.1) is 19.1 Å². The molecule has 3 aromatic carbocycles. The van der Waals surface area contributed by atoms with Crippen molar-refractivity contribution in [3.8, 4) is 33.6 Å². The zero-order chi connectivity index (χ0) is 24.7. The Bertz CT molecular complexity index is 1320. The van der Waals surface area contributed by atoms with Crippen LogP contribution in [-0.2, 0) is 26.3 Å². The Kier molecular flexibility index (Phi) is 9.29. The second-order valence-electron chi connectivity index (χ2n) is 7.75. The summed E-state index contributed by atoms with van der Waals surface area (Å²) in [7, 11) is 0. The average Bonchev–Trinajstić information content (AvgIpc) is 2.90. The molecule has 5 aromatic rings. The number of pyridine rings is 2. The molecule has 2 aromatic heterocycles. The van der Waals surface area contributed by atoms with Crippen molar-refractivity contribution in [1.82, 2.24) is 9.97 Å². The van der Waals surface area contributed by atoms with E-state index >= 15 is 0 Å². The van der Waals surface area contributed by atoms with Crippen LogP contribution in [0.15, 0.2) is 109 Å². The minimum atomic E-state index is -4.39. The standard InChI is InChI=1S/C17H12N.C13H9F3N.Ir/c1-3-7-14(8-4-1)16-11-12-18-17(13-16)15-9-5-2-6-10-15;1-9-6-7-12(17-8-9)10-4-2-3-5-11(10)13(14,15)16;/h1-9,11-13H;2-3,5-8H,1H3;/q2*-1;. The van der Waals surface area contributed by atoms with E-state index in [2.05, 4.69) is 40.3 Å². The third-order valence-electron chi connectivity index (χ3n) is 5.18. The van der Waals surface area contributed by atoms with Gasteiger partial charge in [-0.3, -0.25) is 0 Å². The van der Waals surface area contributed by atoms with E-state index < -0.39 is 11.7 Å². The third kappa shape index (κ3) is 6.97.